The molecule has 0 atom stereocenters. The zero-order chi connectivity index (χ0) is 14.5. The number of nitrogens with zero attached hydrogens (tertiary/aromatic N) is 1. The number of carbonyl (C=O) groups is 2. The van der Waals surface area contributed by atoms with Crippen LogP contribution in [0.5, 0.6) is 5.75 Å². The molecule has 0 bridgehead atoms. The first-order valence-corrected chi connectivity index (χ1v) is 5.74. The number of methoxy groups -OCH3 is 1. The Labute approximate surface area is 115 Å². The minimum atomic E-state index is -0.486. The predicted octanol–water partition coefficient (Wildman–Crippen LogP) is 1.83. The summed E-state index contributed by atoms with van der Waals surface area (Å²) >= 11 is 0. The minimum Gasteiger partial charge on any atom is -0.506 e. The number of nitrogens with one attached hydrogen (secondary N) is 1. The molecule has 1 heterocycles. The van der Waals surface area contributed by atoms with E-state index in [0.717, 1.165) is 0 Å². The summed E-state index contributed by atoms with van der Waals surface area (Å²) in [4.78, 5) is 27.0. The van der Waals surface area contributed by atoms with Crippen LogP contribution in [0.4, 0.5) is 5.69 Å². The molecule has 2 N–H and O–H groups in total. The van der Waals surface area contributed by atoms with Gasteiger partial charge in [0, 0.05) is 11.9 Å². The molecule has 1 amide bonds. The molecule has 0 aliphatic carbocycles. The fourth-order valence-corrected chi connectivity index (χ4v) is 1.60. The number of anilines is 1. The zero-order valence-electron chi connectivity index (χ0n) is 10.7. The maximum absolute atomic E-state index is 11.9. The van der Waals surface area contributed by atoms with Gasteiger partial charge in [0.05, 0.1) is 24.4 Å². The van der Waals surface area contributed by atoms with E-state index in [1.807, 2.05) is 0 Å². The van der Waals surface area contributed by atoms with Crippen molar-refractivity contribution in [2.45, 2.75) is 0 Å². The molecule has 1 aromatic carbocycles. The minimum absolute atomic E-state index is 0.0963. The number of aromatic nitrogens is 1. The van der Waals surface area contributed by atoms with Gasteiger partial charge in [-0.3, -0.25) is 9.78 Å². The summed E-state index contributed by atoms with van der Waals surface area (Å²) < 4.78 is 4.60. The molecule has 0 saturated carbocycles. The van der Waals surface area contributed by atoms with Crippen LogP contribution in [0.15, 0.2) is 42.7 Å². The Bertz CT molecular complexity index is 655. The van der Waals surface area contributed by atoms with Crippen molar-refractivity contribution >= 4 is 17.6 Å². The molecule has 0 aliphatic rings. The first-order chi connectivity index (χ1) is 9.60. The zero-order valence-corrected chi connectivity index (χ0v) is 10.7. The van der Waals surface area contributed by atoms with E-state index in [1.165, 1.54) is 31.6 Å². The number of benzene rings is 1. The van der Waals surface area contributed by atoms with Crippen molar-refractivity contribution < 1.29 is 19.4 Å². The standard InChI is InChI=1S/C14H12N2O4/c1-20-14(19)9-3-2-4-11(5-9)16-13(18)10-6-12(17)8-15-7-10/h2-8,17H,1H3,(H,16,18). The van der Waals surface area contributed by atoms with Gasteiger partial charge in [-0.15, -0.1) is 0 Å². The Morgan fingerprint density at radius 1 is 1.20 bits per heavy atom. The quantitative estimate of drug-likeness (QED) is 0.832. The Hall–Kier alpha value is -2.89. The van der Waals surface area contributed by atoms with Crippen molar-refractivity contribution in [3.8, 4) is 5.75 Å². The Morgan fingerprint density at radius 2 is 2.00 bits per heavy atom. The molecule has 0 radical (unpaired) electrons. The number of carbonyl (C=O) groups excluding carboxylic acids is 2. The van der Waals surface area contributed by atoms with Crippen LogP contribution in [0.2, 0.25) is 0 Å². The molecule has 20 heavy (non-hydrogen) atoms. The van der Waals surface area contributed by atoms with E-state index in [-0.39, 0.29) is 11.3 Å². The maximum Gasteiger partial charge on any atom is 0.337 e. The van der Waals surface area contributed by atoms with Crippen molar-refractivity contribution in [3.63, 3.8) is 0 Å². The molecule has 0 saturated heterocycles. The van der Waals surface area contributed by atoms with Crippen LogP contribution in [0, 0.1) is 0 Å². The summed E-state index contributed by atoms with van der Waals surface area (Å²) in [6.07, 6.45) is 2.56. The highest BCUT2D eigenvalue weighted by atomic mass is 16.5. The number of esters is 1. The summed E-state index contributed by atoms with van der Waals surface area (Å²) in [5.74, 6) is -1.02. The highest BCUT2D eigenvalue weighted by molar-refractivity contribution is 6.04. The molecule has 2 rings (SSSR count). The number of aromatic hydroxyl groups is 1. The van der Waals surface area contributed by atoms with Gasteiger partial charge in [-0.2, -0.15) is 0 Å². The second-order valence-corrected chi connectivity index (χ2v) is 3.96. The molecule has 2 aromatic rings. The van der Waals surface area contributed by atoms with Gasteiger partial charge in [-0.05, 0) is 24.3 Å². The van der Waals surface area contributed by atoms with Crippen LogP contribution >= 0.6 is 0 Å². The first-order valence-electron chi connectivity index (χ1n) is 5.74. The number of amides is 1. The van der Waals surface area contributed by atoms with Gasteiger partial charge < -0.3 is 15.2 Å². The van der Waals surface area contributed by atoms with E-state index in [9.17, 15) is 14.7 Å². The van der Waals surface area contributed by atoms with E-state index in [2.05, 4.69) is 15.0 Å². The van der Waals surface area contributed by atoms with Gasteiger partial charge in [-0.1, -0.05) is 6.07 Å². The fraction of sp³-hybridized carbons (Fsp3) is 0.0714. The number of hydrogen-bond acceptors (Lipinski definition) is 5. The Balaban J connectivity index is 2.18. The van der Waals surface area contributed by atoms with Crippen LogP contribution in [0.25, 0.3) is 0 Å². The topological polar surface area (TPSA) is 88.5 Å². The molecule has 0 aliphatic heterocycles. The number of ether oxygens (including phenoxy) is 1. The summed E-state index contributed by atoms with van der Waals surface area (Å²) in [6, 6.07) is 7.65. The highest BCUT2D eigenvalue weighted by Gasteiger charge is 2.10. The van der Waals surface area contributed by atoms with E-state index < -0.39 is 11.9 Å². The molecule has 0 fully saturated rings. The first kappa shape index (κ1) is 13.5. The van der Waals surface area contributed by atoms with Crippen molar-refractivity contribution in [1.29, 1.82) is 0 Å². The number of hydrogen-bond donors (Lipinski definition) is 2. The highest BCUT2D eigenvalue weighted by Crippen LogP contribution is 2.14. The number of rotatable bonds is 3. The lowest BCUT2D eigenvalue weighted by molar-refractivity contribution is 0.0600. The molecular weight excluding hydrogens is 260 g/mol. The lowest BCUT2D eigenvalue weighted by Gasteiger charge is -2.06. The lowest BCUT2D eigenvalue weighted by atomic mass is 10.2. The molecule has 0 spiro atoms. The van der Waals surface area contributed by atoms with Gasteiger partial charge >= 0.3 is 5.97 Å². The van der Waals surface area contributed by atoms with E-state index in [1.54, 1.807) is 18.2 Å². The smallest absolute Gasteiger partial charge is 0.337 e. The predicted molar refractivity (Wildman–Crippen MR) is 71.6 cm³/mol. The SMILES string of the molecule is COC(=O)c1cccc(NC(=O)c2cncc(O)c2)c1. The van der Waals surface area contributed by atoms with Crippen molar-refractivity contribution in [3.05, 3.63) is 53.9 Å². The van der Waals surface area contributed by atoms with Crippen LogP contribution in [0.1, 0.15) is 20.7 Å². The van der Waals surface area contributed by atoms with Gasteiger partial charge in [0.2, 0.25) is 0 Å². The van der Waals surface area contributed by atoms with E-state index in [0.29, 0.717) is 11.3 Å². The monoisotopic (exact) mass is 272 g/mol. The van der Waals surface area contributed by atoms with Crippen LogP contribution in [-0.2, 0) is 4.74 Å². The lowest BCUT2D eigenvalue weighted by Crippen LogP contribution is -2.12. The third-order valence-electron chi connectivity index (χ3n) is 2.53. The Kier molecular flexibility index (Phi) is 3.95. The second-order valence-electron chi connectivity index (χ2n) is 3.96. The van der Waals surface area contributed by atoms with Crippen molar-refractivity contribution in [2.24, 2.45) is 0 Å². The van der Waals surface area contributed by atoms with Gasteiger partial charge in [0.25, 0.3) is 5.91 Å². The summed E-state index contributed by atoms with van der Waals surface area (Å²) in [5, 5.41) is 11.9. The number of pyridine rings is 1. The fourth-order valence-electron chi connectivity index (χ4n) is 1.60. The second kappa shape index (κ2) is 5.83. The molecule has 102 valence electrons. The van der Waals surface area contributed by atoms with Crippen LogP contribution in [0.3, 0.4) is 0 Å². The summed E-state index contributed by atoms with van der Waals surface area (Å²) in [5.41, 5.74) is 0.994. The molecule has 1 aromatic heterocycles. The average molecular weight is 272 g/mol. The molecule has 6 heteroatoms. The molecule has 0 unspecified atom stereocenters. The van der Waals surface area contributed by atoms with E-state index >= 15 is 0 Å². The van der Waals surface area contributed by atoms with Gasteiger partial charge in [-0.25, -0.2) is 4.79 Å². The largest absolute Gasteiger partial charge is 0.506 e. The normalized spacial score (nSPS) is 9.85. The third-order valence-corrected chi connectivity index (χ3v) is 2.53. The van der Waals surface area contributed by atoms with Crippen molar-refractivity contribution in [2.75, 3.05) is 12.4 Å². The third kappa shape index (κ3) is 3.11. The Morgan fingerprint density at radius 3 is 2.70 bits per heavy atom. The van der Waals surface area contributed by atoms with Crippen LogP contribution < -0.4 is 5.32 Å². The molecular formula is C14H12N2O4. The van der Waals surface area contributed by atoms with Crippen LogP contribution in [-0.4, -0.2) is 29.1 Å². The maximum atomic E-state index is 11.9. The van der Waals surface area contributed by atoms with Gasteiger partial charge in [0.1, 0.15) is 5.75 Å². The summed E-state index contributed by atoms with van der Waals surface area (Å²) in [7, 11) is 1.28. The van der Waals surface area contributed by atoms with Crippen molar-refractivity contribution in [1.82, 2.24) is 4.98 Å². The van der Waals surface area contributed by atoms with Gasteiger partial charge in [0.15, 0.2) is 0 Å². The summed E-state index contributed by atoms with van der Waals surface area (Å²) in [6.45, 7) is 0. The molecule has 6 nitrogen and oxygen atoms in total. The average Bonchev–Trinajstić information content (AvgIpc) is 2.46. The van der Waals surface area contributed by atoms with E-state index in [4.69, 9.17) is 0 Å².